The third-order valence-corrected chi connectivity index (χ3v) is 8.77. The third kappa shape index (κ3) is 2.45. The Kier molecular flexibility index (Phi) is 4.84. The van der Waals surface area contributed by atoms with Crippen molar-refractivity contribution in [3.05, 3.63) is 23.8 Å². The highest BCUT2D eigenvalue weighted by molar-refractivity contribution is 5.33. The van der Waals surface area contributed by atoms with E-state index in [1.54, 1.807) is 5.57 Å². The Morgan fingerprint density at radius 2 is 1.79 bits per heavy atom. The molecule has 24 heavy (non-hydrogen) atoms. The van der Waals surface area contributed by atoms with Crippen LogP contribution in [0.5, 0.6) is 0 Å². The predicted molar refractivity (Wildman–Crippen MR) is 102 cm³/mol. The van der Waals surface area contributed by atoms with Crippen LogP contribution in [0.2, 0.25) is 0 Å². The normalized spacial score (nSPS) is 46.8. The van der Waals surface area contributed by atoms with Gasteiger partial charge in [0.15, 0.2) is 0 Å². The zero-order chi connectivity index (χ0) is 17.5. The van der Waals surface area contributed by atoms with E-state index in [2.05, 4.69) is 33.4 Å². The minimum atomic E-state index is 0.510. The highest BCUT2D eigenvalue weighted by Crippen LogP contribution is 2.67. The second-order valence-electron chi connectivity index (χ2n) is 9.39. The van der Waals surface area contributed by atoms with Gasteiger partial charge in [-0.3, -0.25) is 0 Å². The molecule has 0 saturated heterocycles. The highest BCUT2D eigenvalue weighted by atomic mass is 16.1. The van der Waals surface area contributed by atoms with Crippen LogP contribution in [-0.2, 0) is 4.79 Å². The van der Waals surface area contributed by atoms with Gasteiger partial charge in [0.1, 0.15) is 6.79 Å². The summed E-state index contributed by atoms with van der Waals surface area (Å²) >= 11 is 0. The first-order chi connectivity index (χ1) is 11.5. The monoisotopic (exact) mass is 328 g/mol. The fraction of sp³-hybridized carbons (Fsp3) is 0.783. The Bertz CT molecular complexity index is 532. The van der Waals surface area contributed by atoms with E-state index in [0.29, 0.717) is 10.8 Å². The lowest BCUT2D eigenvalue weighted by Crippen LogP contribution is -2.50. The van der Waals surface area contributed by atoms with Crippen LogP contribution in [0.15, 0.2) is 23.8 Å². The maximum absolute atomic E-state index is 8.00. The number of hydrogen-bond acceptors (Lipinski definition) is 1. The van der Waals surface area contributed by atoms with E-state index in [9.17, 15) is 0 Å². The first kappa shape index (κ1) is 18.0. The Morgan fingerprint density at radius 1 is 1.04 bits per heavy atom. The average Bonchev–Trinajstić information content (AvgIpc) is 2.93. The summed E-state index contributed by atoms with van der Waals surface area (Å²) in [5.41, 5.74) is 4.33. The van der Waals surface area contributed by atoms with Crippen molar-refractivity contribution in [1.29, 1.82) is 0 Å². The van der Waals surface area contributed by atoms with E-state index in [1.807, 2.05) is 6.79 Å². The molecule has 0 bridgehead atoms. The highest BCUT2D eigenvalue weighted by Gasteiger charge is 2.58. The van der Waals surface area contributed by atoms with E-state index in [0.717, 1.165) is 23.7 Å². The van der Waals surface area contributed by atoms with Gasteiger partial charge in [0.25, 0.3) is 0 Å². The molecule has 0 aromatic carbocycles. The standard InChI is InChI=1S/C22H34.CH2O/c1-5-16-7-9-19-18-8-6-17-14-15(2)10-12-22(17,4)20(18)11-13-21(16,19)3;1-2/h14,16,18-20H,2,5-13H2,1,3-4H3;1H2. The van der Waals surface area contributed by atoms with Gasteiger partial charge in [-0.1, -0.05) is 51.0 Å². The van der Waals surface area contributed by atoms with Gasteiger partial charge in [-0.25, -0.2) is 0 Å². The molecule has 134 valence electrons. The summed E-state index contributed by atoms with van der Waals surface area (Å²) in [7, 11) is 0. The molecule has 0 aromatic rings. The van der Waals surface area contributed by atoms with E-state index in [-0.39, 0.29) is 0 Å². The van der Waals surface area contributed by atoms with E-state index in [4.69, 9.17) is 4.79 Å². The van der Waals surface area contributed by atoms with E-state index in [1.165, 1.54) is 63.4 Å². The second-order valence-corrected chi connectivity index (χ2v) is 9.39. The van der Waals surface area contributed by atoms with Crippen LogP contribution < -0.4 is 0 Å². The number of fused-ring (bicyclic) bond motifs is 5. The van der Waals surface area contributed by atoms with Crippen molar-refractivity contribution in [3.63, 3.8) is 0 Å². The smallest absolute Gasteiger partial charge is 0.106 e. The Labute approximate surface area is 149 Å². The molecule has 6 atom stereocenters. The molecule has 4 aliphatic carbocycles. The molecule has 0 aromatic heterocycles. The van der Waals surface area contributed by atoms with Gasteiger partial charge in [-0.05, 0) is 85.9 Å². The molecule has 0 amide bonds. The maximum atomic E-state index is 8.00. The summed E-state index contributed by atoms with van der Waals surface area (Å²) in [4.78, 5) is 8.00. The van der Waals surface area contributed by atoms with Crippen molar-refractivity contribution in [1.82, 2.24) is 0 Å². The van der Waals surface area contributed by atoms with Crippen molar-refractivity contribution in [3.8, 4) is 0 Å². The number of carbonyl (C=O) groups is 1. The van der Waals surface area contributed by atoms with Crippen LogP contribution in [0.25, 0.3) is 0 Å². The number of rotatable bonds is 1. The lowest BCUT2D eigenvalue weighted by atomic mass is 9.46. The predicted octanol–water partition coefficient (Wildman–Crippen LogP) is 6.35. The van der Waals surface area contributed by atoms with Crippen molar-refractivity contribution >= 4 is 6.79 Å². The van der Waals surface area contributed by atoms with Gasteiger partial charge in [-0.2, -0.15) is 0 Å². The number of hydrogen-bond donors (Lipinski definition) is 0. The molecule has 0 aliphatic heterocycles. The van der Waals surface area contributed by atoms with Gasteiger partial charge in [-0.15, -0.1) is 0 Å². The first-order valence-corrected chi connectivity index (χ1v) is 10.2. The van der Waals surface area contributed by atoms with Gasteiger partial charge in [0, 0.05) is 0 Å². The van der Waals surface area contributed by atoms with E-state index >= 15 is 0 Å². The van der Waals surface area contributed by atoms with Crippen molar-refractivity contribution in [2.75, 3.05) is 0 Å². The molecule has 1 heteroatoms. The zero-order valence-corrected chi connectivity index (χ0v) is 16.1. The summed E-state index contributed by atoms with van der Waals surface area (Å²) < 4.78 is 0. The molecule has 0 radical (unpaired) electrons. The Hall–Kier alpha value is -0.850. The van der Waals surface area contributed by atoms with Crippen LogP contribution in [-0.4, -0.2) is 6.79 Å². The molecule has 3 saturated carbocycles. The molecule has 0 heterocycles. The Balaban J connectivity index is 0.000000815. The molecule has 4 aliphatic rings. The van der Waals surface area contributed by atoms with Crippen molar-refractivity contribution < 1.29 is 4.79 Å². The van der Waals surface area contributed by atoms with Gasteiger partial charge < -0.3 is 4.79 Å². The van der Waals surface area contributed by atoms with Crippen LogP contribution in [0.1, 0.15) is 78.6 Å². The SMILES string of the molecule is C=C1C=C2CCC3C(CCC4(C)C(CC)CCC34)C2(C)CC1.C=O. The fourth-order valence-electron chi connectivity index (χ4n) is 7.43. The quantitative estimate of drug-likeness (QED) is 0.548. The first-order valence-electron chi connectivity index (χ1n) is 10.2. The van der Waals surface area contributed by atoms with Crippen LogP contribution >= 0.6 is 0 Å². The maximum Gasteiger partial charge on any atom is 0.106 e. The molecule has 0 spiro atoms. The van der Waals surface area contributed by atoms with Crippen LogP contribution in [0.4, 0.5) is 0 Å². The molecule has 6 unspecified atom stereocenters. The summed E-state index contributed by atoms with van der Waals surface area (Å²) in [5, 5.41) is 0. The lowest BCUT2D eigenvalue weighted by molar-refractivity contribution is -0.0979. The molecule has 3 fully saturated rings. The molecular formula is C23H36O. The summed E-state index contributed by atoms with van der Waals surface area (Å²) in [6.07, 6.45) is 15.4. The molecule has 1 nitrogen and oxygen atoms in total. The second kappa shape index (κ2) is 6.46. The van der Waals surface area contributed by atoms with Crippen molar-refractivity contribution in [2.24, 2.45) is 34.5 Å². The Morgan fingerprint density at radius 3 is 2.50 bits per heavy atom. The topological polar surface area (TPSA) is 17.1 Å². The van der Waals surface area contributed by atoms with E-state index < -0.39 is 0 Å². The minimum Gasteiger partial charge on any atom is -0.307 e. The van der Waals surface area contributed by atoms with Crippen LogP contribution in [0.3, 0.4) is 0 Å². The van der Waals surface area contributed by atoms with Crippen molar-refractivity contribution in [2.45, 2.75) is 78.6 Å². The number of allylic oxidation sites excluding steroid dienone is 3. The molecule has 4 rings (SSSR count). The summed E-state index contributed by atoms with van der Waals surface area (Å²) in [6, 6.07) is 0. The third-order valence-electron chi connectivity index (χ3n) is 8.77. The molecular weight excluding hydrogens is 292 g/mol. The fourth-order valence-corrected chi connectivity index (χ4v) is 7.43. The van der Waals surface area contributed by atoms with Gasteiger partial charge in [0.2, 0.25) is 0 Å². The van der Waals surface area contributed by atoms with Gasteiger partial charge >= 0.3 is 0 Å². The zero-order valence-electron chi connectivity index (χ0n) is 16.1. The summed E-state index contributed by atoms with van der Waals surface area (Å²) in [5.74, 6) is 4.02. The minimum absolute atomic E-state index is 0.510. The largest absolute Gasteiger partial charge is 0.307 e. The number of carbonyl (C=O) groups excluding carboxylic acids is 1. The van der Waals surface area contributed by atoms with Gasteiger partial charge in [0.05, 0.1) is 0 Å². The summed E-state index contributed by atoms with van der Waals surface area (Å²) in [6.45, 7) is 13.9. The van der Waals surface area contributed by atoms with Crippen LogP contribution in [0, 0.1) is 34.5 Å². The average molecular weight is 329 g/mol. The molecule has 0 N–H and O–H groups in total. The lowest BCUT2D eigenvalue weighted by Gasteiger charge is -2.58.